The number of hydrogen-bond donors (Lipinski definition) is 2. The summed E-state index contributed by atoms with van der Waals surface area (Å²) in [6, 6.07) is 7.89. The van der Waals surface area contributed by atoms with E-state index in [1.54, 1.807) is 0 Å². The summed E-state index contributed by atoms with van der Waals surface area (Å²) in [6.07, 6.45) is 0.762. The molecule has 1 unspecified atom stereocenters. The van der Waals surface area contributed by atoms with Gasteiger partial charge in [0.2, 0.25) is 0 Å². The lowest BCUT2D eigenvalue weighted by Gasteiger charge is -2.17. The normalized spacial score (nSPS) is 12.7. The number of nitrogens with zero attached hydrogens (tertiary/aromatic N) is 2. The predicted molar refractivity (Wildman–Crippen MR) is 85.6 cm³/mol. The number of hydrazine groups is 1. The summed E-state index contributed by atoms with van der Waals surface area (Å²) < 4.78 is 2.94. The van der Waals surface area contributed by atoms with Gasteiger partial charge in [-0.2, -0.15) is 5.10 Å². The molecule has 0 aliphatic carbocycles. The lowest BCUT2D eigenvalue weighted by Crippen LogP contribution is -2.30. The Kier molecular flexibility index (Phi) is 5.21. The molecule has 3 N–H and O–H groups in total. The van der Waals surface area contributed by atoms with Crippen LogP contribution in [0.4, 0.5) is 0 Å². The predicted octanol–water partition coefficient (Wildman–Crippen LogP) is 3.37. The van der Waals surface area contributed by atoms with Crippen molar-refractivity contribution < 1.29 is 0 Å². The average molecular weight is 358 g/mol. The molecule has 1 atom stereocenters. The second-order valence-electron chi connectivity index (χ2n) is 4.72. The van der Waals surface area contributed by atoms with E-state index in [1.807, 2.05) is 29.8 Å². The highest BCUT2D eigenvalue weighted by Crippen LogP contribution is 2.26. The van der Waals surface area contributed by atoms with Crippen molar-refractivity contribution in [2.75, 3.05) is 0 Å². The SMILES string of the molecule is CCn1nc(C)cc1CC(NN)c1cc(Cl)cc(Br)c1. The van der Waals surface area contributed by atoms with E-state index in [-0.39, 0.29) is 6.04 Å². The molecule has 20 heavy (non-hydrogen) atoms. The van der Waals surface area contributed by atoms with Crippen LogP contribution in [0.25, 0.3) is 0 Å². The zero-order valence-electron chi connectivity index (χ0n) is 11.5. The van der Waals surface area contributed by atoms with E-state index in [9.17, 15) is 0 Å². The van der Waals surface area contributed by atoms with Crippen LogP contribution >= 0.6 is 27.5 Å². The molecule has 4 nitrogen and oxygen atoms in total. The van der Waals surface area contributed by atoms with E-state index < -0.39 is 0 Å². The molecule has 108 valence electrons. The standard InChI is InChI=1S/C14H18BrClN4/c1-3-20-13(4-9(2)19-20)8-14(18-17)10-5-11(15)7-12(16)6-10/h4-7,14,18H,3,8,17H2,1-2H3. The van der Waals surface area contributed by atoms with Crippen molar-refractivity contribution in [3.05, 3.63) is 50.7 Å². The average Bonchev–Trinajstić information content (AvgIpc) is 2.74. The summed E-state index contributed by atoms with van der Waals surface area (Å²) in [5, 5.41) is 5.15. The Labute approximate surface area is 132 Å². The summed E-state index contributed by atoms with van der Waals surface area (Å²) in [5.74, 6) is 5.71. The number of benzene rings is 1. The molecule has 0 aliphatic rings. The van der Waals surface area contributed by atoms with Crippen LogP contribution < -0.4 is 11.3 Å². The molecular formula is C14H18BrClN4. The van der Waals surface area contributed by atoms with Gasteiger partial charge in [0, 0.05) is 28.2 Å². The van der Waals surface area contributed by atoms with Gasteiger partial charge in [-0.1, -0.05) is 27.5 Å². The Morgan fingerprint density at radius 1 is 1.40 bits per heavy atom. The number of hydrogen-bond acceptors (Lipinski definition) is 3. The van der Waals surface area contributed by atoms with Gasteiger partial charge in [-0.3, -0.25) is 16.0 Å². The van der Waals surface area contributed by atoms with Crippen LogP contribution in [0.3, 0.4) is 0 Å². The van der Waals surface area contributed by atoms with Crippen LogP contribution in [0, 0.1) is 6.92 Å². The second-order valence-corrected chi connectivity index (χ2v) is 6.07. The third kappa shape index (κ3) is 3.61. The highest BCUT2D eigenvalue weighted by molar-refractivity contribution is 9.10. The first-order chi connectivity index (χ1) is 9.53. The quantitative estimate of drug-likeness (QED) is 0.637. The number of aryl methyl sites for hydroxylation is 2. The van der Waals surface area contributed by atoms with Crippen LogP contribution in [-0.4, -0.2) is 9.78 Å². The highest BCUT2D eigenvalue weighted by atomic mass is 79.9. The lowest BCUT2D eigenvalue weighted by atomic mass is 10.0. The topological polar surface area (TPSA) is 55.9 Å². The van der Waals surface area contributed by atoms with E-state index in [0.29, 0.717) is 5.02 Å². The van der Waals surface area contributed by atoms with Crippen LogP contribution in [0.1, 0.15) is 29.9 Å². The fourth-order valence-electron chi connectivity index (χ4n) is 2.30. The first-order valence-corrected chi connectivity index (χ1v) is 7.66. The molecule has 0 radical (unpaired) electrons. The van der Waals surface area contributed by atoms with Crippen molar-refractivity contribution in [2.24, 2.45) is 5.84 Å². The van der Waals surface area contributed by atoms with E-state index in [2.05, 4.69) is 39.4 Å². The molecule has 0 aliphatic heterocycles. The van der Waals surface area contributed by atoms with Crippen LogP contribution in [0.15, 0.2) is 28.7 Å². The molecule has 1 heterocycles. The Balaban J connectivity index is 2.28. The minimum atomic E-state index is -0.00796. The van der Waals surface area contributed by atoms with Gasteiger partial charge in [0.15, 0.2) is 0 Å². The summed E-state index contributed by atoms with van der Waals surface area (Å²) in [5.41, 5.74) is 6.09. The van der Waals surface area contributed by atoms with Gasteiger partial charge >= 0.3 is 0 Å². The summed E-state index contributed by atoms with van der Waals surface area (Å²) in [7, 11) is 0. The smallest absolute Gasteiger partial charge is 0.0596 e. The zero-order valence-corrected chi connectivity index (χ0v) is 13.9. The van der Waals surface area contributed by atoms with Crippen LogP contribution in [0.2, 0.25) is 5.02 Å². The van der Waals surface area contributed by atoms with Crippen molar-refractivity contribution in [2.45, 2.75) is 32.9 Å². The third-order valence-corrected chi connectivity index (χ3v) is 3.86. The Morgan fingerprint density at radius 2 is 2.15 bits per heavy atom. The summed E-state index contributed by atoms with van der Waals surface area (Å²) >= 11 is 9.56. The van der Waals surface area contributed by atoms with Gasteiger partial charge < -0.3 is 0 Å². The van der Waals surface area contributed by atoms with Gasteiger partial charge in [0.25, 0.3) is 0 Å². The minimum Gasteiger partial charge on any atom is -0.271 e. The molecular weight excluding hydrogens is 340 g/mol. The van der Waals surface area contributed by atoms with Gasteiger partial charge in [-0.15, -0.1) is 0 Å². The Hall–Kier alpha value is -0.880. The van der Waals surface area contributed by atoms with Gasteiger partial charge in [0.05, 0.1) is 11.7 Å². The van der Waals surface area contributed by atoms with Gasteiger partial charge in [-0.25, -0.2) is 0 Å². The molecule has 0 amide bonds. The van der Waals surface area contributed by atoms with E-state index in [4.69, 9.17) is 17.4 Å². The molecule has 0 fully saturated rings. The van der Waals surface area contributed by atoms with Crippen LogP contribution in [-0.2, 0) is 13.0 Å². The number of rotatable bonds is 5. The van der Waals surface area contributed by atoms with Crippen molar-refractivity contribution in [3.8, 4) is 0 Å². The molecule has 1 aromatic carbocycles. The highest BCUT2D eigenvalue weighted by Gasteiger charge is 2.15. The largest absolute Gasteiger partial charge is 0.271 e. The number of aromatic nitrogens is 2. The molecule has 0 saturated heterocycles. The maximum atomic E-state index is 6.10. The summed E-state index contributed by atoms with van der Waals surface area (Å²) in [4.78, 5) is 0. The number of halogens is 2. The van der Waals surface area contributed by atoms with Crippen molar-refractivity contribution >= 4 is 27.5 Å². The lowest BCUT2D eigenvalue weighted by molar-refractivity contribution is 0.517. The van der Waals surface area contributed by atoms with Gasteiger partial charge in [0.1, 0.15) is 0 Å². The third-order valence-electron chi connectivity index (χ3n) is 3.19. The second kappa shape index (κ2) is 6.72. The Morgan fingerprint density at radius 3 is 2.75 bits per heavy atom. The fourth-order valence-corrected chi connectivity index (χ4v) is 3.18. The maximum Gasteiger partial charge on any atom is 0.0596 e. The summed E-state index contributed by atoms with van der Waals surface area (Å²) in [6.45, 7) is 4.92. The molecule has 2 rings (SSSR count). The molecule has 0 saturated carbocycles. The van der Waals surface area contributed by atoms with Crippen LogP contribution in [0.5, 0.6) is 0 Å². The Bertz CT molecular complexity index is 577. The van der Waals surface area contributed by atoms with Gasteiger partial charge in [-0.05, 0) is 43.7 Å². The van der Waals surface area contributed by atoms with E-state index >= 15 is 0 Å². The number of nitrogens with two attached hydrogens (primary N) is 1. The van der Waals surface area contributed by atoms with Crippen molar-refractivity contribution in [1.82, 2.24) is 15.2 Å². The van der Waals surface area contributed by atoms with E-state index in [1.165, 1.54) is 0 Å². The van der Waals surface area contributed by atoms with E-state index in [0.717, 1.165) is 34.4 Å². The minimum absolute atomic E-state index is 0.00796. The maximum absolute atomic E-state index is 6.10. The van der Waals surface area contributed by atoms with Crippen molar-refractivity contribution in [3.63, 3.8) is 0 Å². The molecule has 1 aromatic heterocycles. The first-order valence-electron chi connectivity index (χ1n) is 6.49. The molecule has 0 bridgehead atoms. The zero-order chi connectivity index (χ0) is 14.7. The van der Waals surface area contributed by atoms with Crippen molar-refractivity contribution in [1.29, 1.82) is 0 Å². The monoisotopic (exact) mass is 356 g/mol. The fraction of sp³-hybridized carbons (Fsp3) is 0.357. The molecule has 6 heteroatoms. The molecule has 0 spiro atoms. The first kappa shape index (κ1) is 15.5. The number of nitrogens with one attached hydrogen (secondary N) is 1. The molecule has 2 aromatic rings.